The highest BCUT2D eigenvalue weighted by Crippen LogP contribution is 2.59. The van der Waals surface area contributed by atoms with Gasteiger partial charge in [-0.1, -0.05) is 11.6 Å². The van der Waals surface area contributed by atoms with Crippen molar-refractivity contribution in [1.82, 2.24) is 0 Å². The molecule has 0 heterocycles. The molecule has 0 radical (unpaired) electrons. The number of rotatable bonds is 6. The summed E-state index contributed by atoms with van der Waals surface area (Å²) < 4.78 is 49.8. The fraction of sp³-hybridized carbons (Fsp3) is 0.455. The second-order valence-electron chi connectivity index (χ2n) is 3.58. The Morgan fingerprint density at radius 2 is 1.84 bits per heavy atom. The molecule has 0 aromatic heterocycles. The zero-order valence-corrected chi connectivity index (χ0v) is 12.2. The van der Waals surface area contributed by atoms with E-state index in [1.807, 2.05) is 0 Å². The van der Waals surface area contributed by atoms with Gasteiger partial charge in [0, 0.05) is 0 Å². The third-order valence-electron chi connectivity index (χ3n) is 2.33. The Hall–Kier alpha value is -0.520. The van der Waals surface area contributed by atoms with Crippen LogP contribution in [0.5, 0.6) is 0 Å². The number of nitrogens with two attached hydrogens (primary N) is 1. The first-order valence-corrected chi connectivity index (χ1v) is 7.64. The zero-order valence-electron chi connectivity index (χ0n) is 10.5. The van der Waals surface area contributed by atoms with Crippen LogP contribution in [0.3, 0.4) is 0 Å². The van der Waals surface area contributed by atoms with Crippen LogP contribution >= 0.6 is 19.2 Å². The van der Waals surface area contributed by atoms with E-state index >= 15 is 0 Å². The SMILES string of the molecule is CCOP(=O)(OCC)[C@@H](N)c1c(F)ccc(Cl)c1F. The monoisotopic (exact) mass is 313 g/mol. The molecule has 1 atom stereocenters. The van der Waals surface area contributed by atoms with E-state index in [1.165, 1.54) is 0 Å². The first-order valence-electron chi connectivity index (χ1n) is 5.65. The second-order valence-corrected chi connectivity index (χ2v) is 6.14. The fourth-order valence-corrected chi connectivity index (χ4v) is 3.36. The number of hydrogen-bond donors (Lipinski definition) is 1. The summed E-state index contributed by atoms with van der Waals surface area (Å²) in [5, 5.41) is -0.314. The van der Waals surface area contributed by atoms with Gasteiger partial charge in [-0.25, -0.2) is 8.78 Å². The zero-order chi connectivity index (χ0) is 14.6. The van der Waals surface area contributed by atoms with Gasteiger partial charge in [-0.15, -0.1) is 0 Å². The molecule has 19 heavy (non-hydrogen) atoms. The minimum absolute atomic E-state index is 0.0365. The van der Waals surface area contributed by atoms with Crippen LogP contribution in [-0.2, 0) is 13.6 Å². The minimum atomic E-state index is -3.87. The van der Waals surface area contributed by atoms with E-state index in [2.05, 4.69) is 0 Å². The highest BCUT2D eigenvalue weighted by molar-refractivity contribution is 7.54. The Labute approximate surface area is 115 Å². The molecule has 0 saturated carbocycles. The van der Waals surface area contributed by atoms with Crippen LogP contribution in [0.4, 0.5) is 8.78 Å². The molecule has 108 valence electrons. The van der Waals surface area contributed by atoms with Gasteiger partial charge >= 0.3 is 7.60 Å². The summed E-state index contributed by atoms with van der Waals surface area (Å²) in [6.07, 6.45) is 0. The predicted octanol–water partition coefficient (Wildman–Crippen LogP) is 3.84. The fourth-order valence-electron chi connectivity index (χ4n) is 1.53. The van der Waals surface area contributed by atoms with E-state index in [0.29, 0.717) is 0 Å². The van der Waals surface area contributed by atoms with E-state index in [9.17, 15) is 13.3 Å². The number of halogens is 3. The smallest absolute Gasteiger partial charge is 0.314 e. The van der Waals surface area contributed by atoms with E-state index in [1.54, 1.807) is 13.8 Å². The quantitative estimate of drug-likeness (QED) is 0.640. The van der Waals surface area contributed by atoms with Crippen LogP contribution in [0.15, 0.2) is 12.1 Å². The molecule has 0 bridgehead atoms. The summed E-state index contributed by atoms with van der Waals surface area (Å²) in [7, 11) is -3.87. The van der Waals surface area contributed by atoms with Crippen LogP contribution in [0.25, 0.3) is 0 Å². The maximum absolute atomic E-state index is 13.8. The molecule has 4 nitrogen and oxygen atoms in total. The van der Waals surface area contributed by atoms with Crippen molar-refractivity contribution in [2.24, 2.45) is 5.73 Å². The van der Waals surface area contributed by atoms with Crippen molar-refractivity contribution in [3.8, 4) is 0 Å². The van der Waals surface area contributed by atoms with Crippen LogP contribution in [-0.4, -0.2) is 13.2 Å². The van der Waals surface area contributed by atoms with Gasteiger partial charge in [-0.3, -0.25) is 4.57 Å². The number of benzene rings is 1. The first kappa shape index (κ1) is 16.5. The maximum Gasteiger partial charge on any atom is 0.351 e. The molecule has 0 aliphatic carbocycles. The second kappa shape index (κ2) is 6.77. The third kappa shape index (κ3) is 3.52. The van der Waals surface area contributed by atoms with Crippen molar-refractivity contribution in [3.05, 3.63) is 34.4 Å². The third-order valence-corrected chi connectivity index (χ3v) is 4.80. The van der Waals surface area contributed by atoms with Gasteiger partial charge in [-0.05, 0) is 26.0 Å². The molecule has 0 aliphatic heterocycles. The molecule has 2 N–H and O–H groups in total. The maximum atomic E-state index is 13.8. The van der Waals surface area contributed by atoms with E-state index in [4.69, 9.17) is 26.4 Å². The van der Waals surface area contributed by atoms with Crippen molar-refractivity contribution >= 4 is 19.2 Å². The van der Waals surface area contributed by atoms with Gasteiger partial charge < -0.3 is 14.8 Å². The van der Waals surface area contributed by atoms with E-state index < -0.39 is 30.6 Å². The normalized spacial score (nSPS) is 13.6. The largest absolute Gasteiger partial charge is 0.351 e. The molecule has 0 unspecified atom stereocenters. The Balaban J connectivity index is 3.28. The lowest BCUT2D eigenvalue weighted by atomic mass is 10.2. The average molecular weight is 314 g/mol. The first-order chi connectivity index (χ1) is 8.87. The standard InChI is InChI=1S/C11H15ClF2NO3P/c1-3-17-19(16,18-4-2)11(15)9-8(13)6-5-7(12)10(9)14/h5-6,11H,3-4,15H2,1-2H3/t11-/m1/s1. The highest BCUT2D eigenvalue weighted by Gasteiger charge is 2.38. The number of hydrogen-bond acceptors (Lipinski definition) is 4. The summed E-state index contributed by atoms with van der Waals surface area (Å²) in [4.78, 5) is 0. The lowest BCUT2D eigenvalue weighted by Crippen LogP contribution is -2.18. The Bertz CT molecular complexity index is 491. The molecule has 1 aromatic carbocycles. The summed E-state index contributed by atoms with van der Waals surface area (Å²) in [5.74, 6) is -3.59. The van der Waals surface area contributed by atoms with Crippen LogP contribution in [0.2, 0.25) is 5.02 Å². The molecule has 8 heteroatoms. The minimum Gasteiger partial charge on any atom is -0.314 e. The van der Waals surface area contributed by atoms with Gasteiger partial charge in [0.05, 0.1) is 23.8 Å². The summed E-state index contributed by atoms with van der Waals surface area (Å²) >= 11 is 5.57. The predicted molar refractivity (Wildman–Crippen MR) is 69.2 cm³/mol. The molecular weight excluding hydrogens is 299 g/mol. The molecule has 0 spiro atoms. The Morgan fingerprint density at radius 1 is 1.32 bits per heavy atom. The van der Waals surface area contributed by atoms with Crippen molar-refractivity contribution in [3.63, 3.8) is 0 Å². The molecule has 0 fully saturated rings. The highest BCUT2D eigenvalue weighted by atomic mass is 35.5. The Morgan fingerprint density at radius 3 is 2.32 bits per heavy atom. The topological polar surface area (TPSA) is 61.5 Å². The van der Waals surface area contributed by atoms with Gasteiger partial charge in [-0.2, -0.15) is 0 Å². The van der Waals surface area contributed by atoms with Gasteiger partial charge in [0.2, 0.25) is 0 Å². The van der Waals surface area contributed by atoms with Crippen molar-refractivity contribution in [2.75, 3.05) is 13.2 Å². The molecule has 1 aromatic rings. The molecule has 0 aliphatic rings. The summed E-state index contributed by atoms with van der Waals surface area (Å²) in [5.41, 5.74) is 5.07. The van der Waals surface area contributed by atoms with Crippen molar-refractivity contribution in [1.29, 1.82) is 0 Å². The van der Waals surface area contributed by atoms with Gasteiger partial charge in [0.25, 0.3) is 0 Å². The van der Waals surface area contributed by atoms with Gasteiger partial charge in [0.15, 0.2) is 0 Å². The van der Waals surface area contributed by atoms with E-state index in [-0.39, 0.29) is 18.2 Å². The van der Waals surface area contributed by atoms with E-state index in [0.717, 1.165) is 12.1 Å². The lowest BCUT2D eigenvalue weighted by molar-refractivity contribution is 0.211. The molecular formula is C11H15ClF2NO3P. The van der Waals surface area contributed by atoms with Crippen LogP contribution in [0.1, 0.15) is 25.2 Å². The van der Waals surface area contributed by atoms with Crippen molar-refractivity contribution < 1.29 is 22.4 Å². The molecule has 0 saturated heterocycles. The lowest BCUT2D eigenvalue weighted by Gasteiger charge is -2.24. The molecule has 1 rings (SSSR count). The summed E-state index contributed by atoms with van der Waals surface area (Å²) in [6, 6.07) is 2.00. The van der Waals surface area contributed by atoms with Crippen LogP contribution < -0.4 is 5.73 Å². The van der Waals surface area contributed by atoms with Gasteiger partial charge in [0.1, 0.15) is 17.4 Å². The summed E-state index contributed by atoms with van der Waals surface area (Å²) in [6.45, 7) is 3.22. The molecule has 0 amide bonds. The van der Waals surface area contributed by atoms with Crippen LogP contribution in [0, 0.1) is 11.6 Å². The Kier molecular flexibility index (Phi) is 5.89. The van der Waals surface area contributed by atoms with Crippen molar-refractivity contribution in [2.45, 2.75) is 19.6 Å². The average Bonchev–Trinajstić information content (AvgIpc) is 2.35.